The fourth-order valence-corrected chi connectivity index (χ4v) is 9.56. The average Bonchev–Trinajstić information content (AvgIpc) is 3.17. The summed E-state index contributed by atoms with van der Waals surface area (Å²) in [5, 5.41) is 31.0. The fraction of sp³-hybridized carbons (Fsp3) is 0.897. The van der Waals surface area contributed by atoms with Crippen LogP contribution in [0, 0.1) is 46.3 Å². The number of rotatable bonds is 9. The Bertz CT molecular complexity index is 846. The summed E-state index contributed by atoms with van der Waals surface area (Å²) in [5.74, 6) is 1.41. The number of carboxylic acids is 2. The molecule has 10 atom stereocenters. The summed E-state index contributed by atoms with van der Waals surface area (Å²) in [4.78, 5) is 34.7. The lowest BCUT2D eigenvalue weighted by Gasteiger charge is -2.61. The summed E-state index contributed by atoms with van der Waals surface area (Å²) in [6, 6.07) is -1.15. The van der Waals surface area contributed by atoms with Gasteiger partial charge in [0.15, 0.2) is 0 Å². The predicted octanol–water partition coefficient (Wildman–Crippen LogP) is 4.86. The van der Waals surface area contributed by atoms with Crippen LogP contribution in [0.25, 0.3) is 0 Å². The molecule has 4 unspecified atom stereocenters. The number of aliphatic carboxylic acids is 2. The number of aliphatic hydroxyl groups is 1. The summed E-state index contributed by atoms with van der Waals surface area (Å²) in [6.07, 6.45) is 11.2. The van der Waals surface area contributed by atoms with E-state index in [9.17, 15) is 24.6 Å². The Labute approximate surface area is 215 Å². The second-order valence-corrected chi connectivity index (χ2v) is 13.2. The van der Waals surface area contributed by atoms with Gasteiger partial charge in [-0.25, -0.2) is 4.79 Å². The lowest BCUT2D eigenvalue weighted by atomic mass is 9.44. The zero-order valence-corrected chi connectivity index (χ0v) is 22.4. The highest BCUT2D eigenvalue weighted by atomic mass is 16.4. The van der Waals surface area contributed by atoms with Crippen molar-refractivity contribution >= 4 is 17.8 Å². The lowest BCUT2D eigenvalue weighted by Crippen LogP contribution is -2.54. The maximum atomic E-state index is 12.5. The van der Waals surface area contributed by atoms with Gasteiger partial charge in [0.1, 0.15) is 6.04 Å². The van der Waals surface area contributed by atoms with Crippen molar-refractivity contribution in [3.63, 3.8) is 0 Å². The standard InChI is InChI=1S/C29H47NO6/c1-17(4-10-25(32)30-24(27(35)36)9-11-26(33)34)21-7-8-22-20-6-5-18-16-19(31)12-14-28(18,2)23(20)13-15-29(21,22)3/h17-24,31H,4-16H2,1-3H3,(H,30,32)(H,33,34)(H,35,36)/t17-,18?,19-,20?,21-,22?,23?,24+,28+,29-/m1/s1. The van der Waals surface area contributed by atoms with E-state index in [4.69, 9.17) is 5.11 Å². The molecule has 0 bridgehead atoms. The molecule has 0 heterocycles. The number of hydrogen-bond donors (Lipinski definition) is 4. The van der Waals surface area contributed by atoms with Crippen molar-refractivity contribution < 1.29 is 29.7 Å². The molecular weight excluding hydrogens is 458 g/mol. The molecule has 4 aliphatic carbocycles. The first-order valence-electron chi connectivity index (χ1n) is 14.4. The summed E-state index contributed by atoms with van der Waals surface area (Å²) in [5.41, 5.74) is 0.687. The minimum atomic E-state index is -1.18. The van der Waals surface area contributed by atoms with E-state index < -0.39 is 18.0 Å². The second kappa shape index (κ2) is 10.6. The van der Waals surface area contributed by atoms with E-state index in [0.717, 1.165) is 37.0 Å². The molecule has 0 aromatic heterocycles. The molecule has 4 N–H and O–H groups in total. The van der Waals surface area contributed by atoms with Crippen LogP contribution in [-0.4, -0.2) is 45.3 Å². The van der Waals surface area contributed by atoms with Crippen molar-refractivity contribution in [3.05, 3.63) is 0 Å². The molecular formula is C29H47NO6. The minimum absolute atomic E-state index is 0.102. The van der Waals surface area contributed by atoms with Crippen LogP contribution in [0.1, 0.15) is 104 Å². The molecule has 1 amide bonds. The summed E-state index contributed by atoms with van der Waals surface area (Å²) >= 11 is 0. The molecule has 204 valence electrons. The minimum Gasteiger partial charge on any atom is -0.481 e. The Hall–Kier alpha value is -1.63. The average molecular weight is 506 g/mol. The van der Waals surface area contributed by atoms with Crippen LogP contribution < -0.4 is 5.32 Å². The largest absolute Gasteiger partial charge is 0.481 e. The Morgan fingerprint density at radius 2 is 1.58 bits per heavy atom. The van der Waals surface area contributed by atoms with Crippen LogP contribution in [0.3, 0.4) is 0 Å². The number of aliphatic hydroxyl groups excluding tert-OH is 1. The van der Waals surface area contributed by atoms with Crippen LogP contribution in [-0.2, 0) is 14.4 Å². The van der Waals surface area contributed by atoms with Crippen LogP contribution in [0.2, 0.25) is 0 Å². The zero-order chi connectivity index (χ0) is 26.3. The molecule has 0 radical (unpaired) electrons. The third-order valence-electron chi connectivity index (χ3n) is 11.5. The predicted molar refractivity (Wildman–Crippen MR) is 136 cm³/mol. The van der Waals surface area contributed by atoms with Crippen molar-refractivity contribution in [1.29, 1.82) is 0 Å². The maximum absolute atomic E-state index is 12.5. The lowest BCUT2D eigenvalue weighted by molar-refractivity contribution is -0.143. The molecule has 7 heteroatoms. The summed E-state index contributed by atoms with van der Waals surface area (Å²) in [6.45, 7) is 7.29. The van der Waals surface area contributed by atoms with Crippen LogP contribution >= 0.6 is 0 Å². The monoisotopic (exact) mass is 505 g/mol. The molecule has 36 heavy (non-hydrogen) atoms. The number of fused-ring (bicyclic) bond motifs is 5. The molecule has 0 saturated heterocycles. The number of amides is 1. The van der Waals surface area contributed by atoms with E-state index in [-0.39, 0.29) is 31.3 Å². The molecule has 4 aliphatic rings. The molecule has 4 saturated carbocycles. The second-order valence-electron chi connectivity index (χ2n) is 13.2. The molecule has 4 rings (SSSR count). The van der Waals surface area contributed by atoms with Gasteiger partial charge in [-0.3, -0.25) is 9.59 Å². The third kappa shape index (κ3) is 5.19. The zero-order valence-electron chi connectivity index (χ0n) is 22.4. The number of carboxylic acid groups (broad SMARTS) is 2. The van der Waals surface area contributed by atoms with Gasteiger partial charge >= 0.3 is 11.9 Å². The van der Waals surface area contributed by atoms with Gasteiger partial charge in [-0.2, -0.15) is 0 Å². The van der Waals surface area contributed by atoms with E-state index in [2.05, 4.69) is 26.1 Å². The van der Waals surface area contributed by atoms with Crippen LogP contribution in [0.4, 0.5) is 0 Å². The van der Waals surface area contributed by atoms with Gasteiger partial charge in [0, 0.05) is 12.8 Å². The number of carbonyl (C=O) groups excluding carboxylic acids is 1. The summed E-state index contributed by atoms with van der Waals surface area (Å²) < 4.78 is 0. The number of nitrogens with one attached hydrogen (secondary N) is 1. The molecule has 7 nitrogen and oxygen atoms in total. The van der Waals surface area contributed by atoms with Crippen molar-refractivity contribution in [2.45, 2.75) is 116 Å². The molecule has 0 aromatic rings. The van der Waals surface area contributed by atoms with E-state index in [1.165, 1.54) is 44.9 Å². The first-order chi connectivity index (χ1) is 17.0. The third-order valence-corrected chi connectivity index (χ3v) is 11.5. The highest BCUT2D eigenvalue weighted by molar-refractivity contribution is 5.83. The van der Waals surface area contributed by atoms with Gasteiger partial charge in [-0.1, -0.05) is 20.8 Å². The highest BCUT2D eigenvalue weighted by Gasteiger charge is 2.60. The topological polar surface area (TPSA) is 124 Å². The maximum Gasteiger partial charge on any atom is 0.326 e. The van der Waals surface area contributed by atoms with Crippen molar-refractivity contribution in [3.8, 4) is 0 Å². The fourth-order valence-electron chi connectivity index (χ4n) is 9.56. The normalized spacial score (nSPS) is 41.3. The Balaban J connectivity index is 1.34. The quantitative estimate of drug-likeness (QED) is 0.355. The van der Waals surface area contributed by atoms with Gasteiger partial charge in [0.2, 0.25) is 5.91 Å². The molecule has 0 spiro atoms. The first-order valence-corrected chi connectivity index (χ1v) is 14.4. The van der Waals surface area contributed by atoms with Crippen molar-refractivity contribution in [1.82, 2.24) is 5.32 Å². The van der Waals surface area contributed by atoms with E-state index >= 15 is 0 Å². The first kappa shape index (κ1) is 27.4. The molecule has 0 aromatic carbocycles. The van der Waals surface area contributed by atoms with Gasteiger partial charge in [0.25, 0.3) is 0 Å². The van der Waals surface area contributed by atoms with E-state index in [0.29, 0.717) is 28.6 Å². The smallest absolute Gasteiger partial charge is 0.326 e. The van der Waals surface area contributed by atoms with Gasteiger partial charge in [0.05, 0.1) is 6.10 Å². The Morgan fingerprint density at radius 1 is 0.889 bits per heavy atom. The highest BCUT2D eigenvalue weighted by Crippen LogP contribution is 2.68. The number of carbonyl (C=O) groups is 3. The number of hydrogen-bond acceptors (Lipinski definition) is 4. The van der Waals surface area contributed by atoms with Crippen molar-refractivity contribution in [2.24, 2.45) is 46.3 Å². The molecule has 4 fully saturated rings. The Morgan fingerprint density at radius 3 is 2.28 bits per heavy atom. The SMILES string of the molecule is C[C@H](CCC(=O)N[C@@H](CCC(=O)O)C(=O)O)[C@H]1CCC2C3CCC4C[C@H](O)CC[C@]4(C)C3CC[C@@]21C. The van der Waals surface area contributed by atoms with Gasteiger partial charge in [-0.05, 0) is 117 Å². The van der Waals surface area contributed by atoms with Crippen LogP contribution in [0.15, 0.2) is 0 Å². The van der Waals surface area contributed by atoms with Gasteiger partial charge < -0.3 is 20.6 Å². The van der Waals surface area contributed by atoms with Gasteiger partial charge in [-0.15, -0.1) is 0 Å². The van der Waals surface area contributed by atoms with Crippen molar-refractivity contribution in [2.75, 3.05) is 0 Å². The summed E-state index contributed by atoms with van der Waals surface area (Å²) in [7, 11) is 0. The van der Waals surface area contributed by atoms with E-state index in [1.54, 1.807) is 0 Å². The van der Waals surface area contributed by atoms with Crippen LogP contribution in [0.5, 0.6) is 0 Å². The Kier molecular flexibility index (Phi) is 8.09. The molecule has 0 aliphatic heterocycles. The van der Waals surface area contributed by atoms with E-state index in [1.807, 2.05) is 0 Å².